The van der Waals surface area contributed by atoms with Crippen molar-refractivity contribution >= 4 is 56.2 Å². The van der Waals surface area contributed by atoms with Crippen LogP contribution in [0.4, 0.5) is 0 Å². The second-order valence-corrected chi connectivity index (χ2v) is 8.79. The highest BCUT2D eigenvalue weighted by Crippen LogP contribution is 2.31. The summed E-state index contributed by atoms with van der Waals surface area (Å²) in [6.07, 6.45) is 1.77. The number of hydrogen-bond acceptors (Lipinski definition) is 6. The summed E-state index contributed by atoms with van der Waals surface area (Å²) in [5.74, 6) is 1.31. The van der Waals surface area contributed by atoms with Crippen LogP contribution in [-0.4, -0.2) is 36.7 Å². The average Bonchev–Trinajstić information content (AvgIpc) is 3.01. The summed E-state index contributed by atoms with van der Waals surface area (Å²) in [6, 6.07) is 13.5. The Bertz CT molecular complexity index is 915. The van der Waals surface area contributed by atoms with Gasteiger partial charge in [-0.15, -0.1) is 0 Å². The molecule has 1 heterocycles. The van der Waals surface area contributed by atoms with E-state index in [4.69, 9.17) is 26.4 Å². The molecule has 3 rings (SSSR count). The third-order valence-corrected chi connectivity index (χ3v) is 5.56. The van der Waals surface area contributed by atoms with E-state index in [1.54, 1.807) is 6.08 Å². The van der Waals surface area contributed by atoms with Crippen LogP contribution in [0.25, 0.3) is 6.08 Å². The monoisotopic (exact) mass is 493 g/mol. The van der Waals surface area contributed by atoms with Gasteiger partial charge in [0.05, 0.1) is 18.1 Å². The normalized spacial score (nSPS) is 14.9. The number of hydrogen-bond donors (Lipinski definition) is 1. The van der Waals surface area contributed by atoms with Crippen molar-refractivity contribution in [3.63, 3.8) is 0 Å². The van der Waals surface area contributed by atoms with E-state index in [2.05, 4.69) is 21.2 Å². The summed E-state index contributed by atoms with van der Waals surface area (Å²) < 4.78 is 18.4. The molecule has 1 N–H and O–H groups in total. The van der Waals surface area contributed by atoms with Gasteiger partial charge < -0.3 is 19.5 Å². The molecule has 0 saturated carbocycles. The molecule has 8 heteroatoms. The van der Waals surface area contributed by atoms with Gasteiger partial charge in [-0.1, -0.05) is 57.6 Å². The number of ether oxygens (including phenoxy) is 3. The number of thiocarbonyl (C=S) groups is 1. The highest BCUT2D eigenvalue weighted by molar-refractivity contribution is 9.10. The summed E-state index contributed by atoms with van der Waals surface area (Å²) in [6.45, 7) is 3.81. The maximum absolute atomic E-state index is 11.9. The molecule has 0 atom stereocenters. The van der Waals surface area contributed by atoms with E-state index < -0.39 is 0 Å². The van der Waals surface area contributed by atoms with Gasteiger partial charge in [-0.2, -0.15) is 0 Å². The molecule has 0 radical (unpaired) electrons. The molecule has 2 aromatic rings. The van der Waals surface area contributed by atoms with Gasteiger partial charge in [0.1, 0.15) is 29.0 Å². The minimum atomic E-state index is -0.192. The molecule has 1 fully saturated rings. The fraction of sp³-hybridized carbons (Fsp3) is 0.238. The van der Waals surface area contributed by atoms with E-state index in [1.165, 1.54) is 17.3 Å². The van der Waals surface area contributed by atoms with Gasteiger partial charge in [-0.25, -0.2) is 0 Å². The zero-order valence-electron chi connectivity index (χ0n) is 15.8. The largest absolute Gasteiger partial charge is 0.491 e. The lowest BCUT2D eigenvalue weighted by Gasteiger charge is -2.11. The molecule has 1 saturated heterocycles. The van der Waals surface area contributed by atoms with E-state index in [1.807, 2.05) is 49.4 Å². The number of benzene rings is 2. The molecule has 1 aliphatic heterocycles. The minimum absolute atomic E-state index is 0.192. The Morgan fingerprint density at radius 1 is 1.07 bits per heavy atom. The van der Waals surface area contributed by atoms with Crippen LogP contribution in [0.15, 0.2) is 51.8 Å². The van der Waals surface area contributed by atoms with E-state index in [0.717, 1.165) is 15.8 Å². The SMILES string of the molecule is Cc1ccc(OCCOCCOc2ccc(Br)cc2/C=C2/SC(=S)NC2=O)cc1. The second kappa shape index (κ2) is 10.8. The number of halogens is 1. The third-order valence-electron chi connectivity index (χ3n) is 3.90. The van der Waals surface area contributed by atoms with Crippen molar-refractivity contribution in [3.05, 3.63) is 63.0 Å². The quantitative estimate of drug-likeness (QED) is 0.309. The molecule has 0 aliphatic carbocycles. The number of amides is 1. The van der Waals surface area contributed by atoms with E-state index in [0.29, 0.717) is 41.4 Å². The Hall–Kier alpha value is -1.87. The van der Waals surface area contributed by atoms with Crippen LogP contribution in [0.5, 0.6) is 11.5 Å². The van der Waals surface area contributed by atoms with Gasteiger partial charge in [0, 0.05) is 10.0 Å². The average molecular weight is 494 g/mol. The molecule has 2 aromatic carbocycles. The van der Waals surface area contributed by atoms with Gasteiger partial charge >= 0.3 is 0 Å². The van der Waals surface area contributed by atoms with Crippen molar-refractivity contribution in [3.8, 4) is 11.5 Å². The zero-order chi connectivity index (χ0) is 20.6. The van der Waals surface area contributed by atoms with E-state index in [-0.39, 0.29) is 5.91 Å². The van der Waals surface area contributed by atoms with Crippen LogP contribution in [-0.2, 0) is 9.53 Å². The fourth-order valence-corrected chi connectivity index (χ4v) is 3.91. The second-order valence-electron chi connectivity index (χ2n) is 6.16. The number of thioether (sulfide) groups is 1. The summed E-state index contributed by atoms with van der Waals surface area (Å²) in [7, 11) is 0. The lowest BCUT2D eigenvalue weighted by Crippen LogP contribution is -2.17. The predicted molar refractivity (Wildman–Crippen MR) is 123 cm³/mol. The molecule has 0 unspecified atom stereocenters. The van der Waals surface area contributed by atoms with Crippen LogP contribution >= 0.6 is 39.9 Å². The Morgan fingerprint density at radius 3 is 2.48 bits per heavy atom. The first-order valence-electron chi connectivity index (χ1n) is 8.96. The first kappa shape index (κ1) is 21.8. The molecule has 152 valence electrons. The molecule has 1 aliphatic rings. The summed E-state index contributed by atoms with van der Waals surface area (Å²) in [5.41, 5.74) is 1.99. The number of carbonyl (C=O) groups is 1. The fourth-order valence-electron chi connectivity index (χ4n) is 2.49. The maximum atomic E-state index is 11.9. The lowest BCUT2D eigenvalue weighted by atomic mass is 10.2. The van der Waals surface area contributed by atoms with Gasteiger partial charge in [0.15, 0.2) is 0 Å². The van der Waals surface area contributed by atoms with Crippen molar-refractivity contribution in [2.75, 3.05) is 26.4 Å². The number of rotatable bonds is 9. The third kappa shape index (κ3) is 6.85. The van der Waals surface area contributed by atoms with Crippen LogP contribution in [0.1, 0.15) is 11.1 Å². The van der Waals surface area contributed by atoms with Gasteiger partial charge in [0.25, 0.3) is 5.91 Å². The smallest absolute Gasteiger partial charge is 0.263 e. The number of carbonyl (C=O) groups excluding carboxylic acids is 1. The van der Waals surface area contributed by atoms with Crippen LogP contribution < -0.4 is 14.8 Å². The molecular weight excluding hydrogens is 474 g/mol. The number of aryl methyl sites for hydroxylation is 1. The first-order chi connectivity index (χ1) is 14.0. The Kier molecular flexibility index (Phi) is 8.11. The van der Waals surface area contributed by atoms with E-state index >= 15 is 0 Å². The Balaban J connectivity index is 1.44. The molecule has 1 amide bonds. The Labute approximate surface area is 187 Å². The standard InChI is InChI=1S/C21H20BrNO4S2/c1-14-2-5-17(6-3-14)26-10-8-25-9-11-27-18-7-4-16(22)12-15(18)13-19-20(24)23-21(28)29-19/h2-7,12-13H,8-11H2,1H3,(H,23,24,28)/b19-13+. The molecule has 0 bridgehead atoms. The first-order valence-corrected chi connectivity index (χ1v) is 11.0. The van der Waals surface area contributed by atoms with Gasteiger partial charge in [0.2, 0.25) is 0 Å². The Morgan fingerprint density at radius 2 is 1.79 bits per heavy atom. The van der Waals surface area contributed by atoms with E-state index in [9.17, 15) is 4.79 Å². The van der Waals surface area contributed by atoms with Crippen LogP contribution in [0.2, 0.25) is 0 Å². The molecule has 5 nitrogen and oxygen atoms in total. The molecule has 29 heavy (non-hydrogen) atoms. The minimum Gasteiger partial charge on any atom is -0.491 e. The topological polar surface area (TPSA) is 56.8 Å². The van der Waals surface area contributed by atoms with Crippen molar-refractivity contribution in [1.29, 1.82) is 0 Å². The molecule has 0 aromatic heterocycles. The number of nitrogens with one attached hydrogen (secondary N) is 1. The molecule has 0 spiro atoms. The predicted octanol–water partition coefficient (Wildman–Crippen LogP) is 4.72. The van der Waals surface area contributed by atoms with Crippen LogP contribution in [0.3, 0.4) is 0 Å². The van der Waals surface area contributed by atoms with Gasteiger partial charge in [-0.05, 0) is 43.3 Å². The van der Waals surface area contributed by atoms with Crippen molar-refractivity contribution in [2.24, 2.45) is 0 Å². The van der Waals surface area contributed by atoms with Crippen molar-refractivity contribution in [1.82, 2.24) is 5.32 Å². The zero-order valence-corrected chi connectivity index (χ0v) is 19.0. The maximum Gasteiger partial charge on any atom is 0.263 e. The lowest BCUT2D eigenvalue weighted by molar-refractivity contribution is -0.115. The highest BCUT2D eigenvalue weighted by atomic mass is 79.9. The summed E-state index contributed by atoms with van der Waals surface area (Å²) in [5, 5.41) is 2.61. The van der Waals surface area contributed by atoms with Crippen molar-refractivity contribution < 1.29 is 19.0 Å². The highest BCUT2D eigenvalue weighted by Gasteiger charge is 2.22. The van der Waals surface area contributed by atoms with Crippen LogP contribution in [0, 0.1) is 6.92 Å². The van der Waals surface area contributed by atoms with Crippen molar-refractivity contribution in [2.45, 2.75) is 6.92 Å². The summed E-state index contributed by atoms with van der Waals surface area (Å²) >= 11 is 9.72. The summed E-state index contributed by atoms with van der Waals surface area (Å²) in [4.78, 5) is 12.4. The molecular formula is C21H20BrNO4S2. The van der Waals surface area contributed by atoms with Gasteiger partial charge in [-0.3, -0.25) is 4.79 Å².